The van der Waals surface area contributed by atoms with Gasteiger partial charge in [0.2, 0.25) is 0 Å². The lowest BCUT2D eigenvalue weighted by Crippen LogP contribution is -2.34. The molecule has 2 aromatic carbocycles. The maximum Gasteiger partial charge on any atom is 0.296 e. The van der Waals surface area contributed by atoms with E-state index >= 15 is 0 Å². The number of hydrogen-bond donors (Lipinski definition) is 0. The molecule has 0 unspecified atom stereocenters. The fourth-order valence-electron chi connectivity index (χ4n) is 5.74. The molecule has 11 heteroatoms. The van der Waals surface area contributed by atoms with Crippen molar-refractivity contribution in [3.05, 3.63) is 127 Å². The number of carbonyl (C=O) groups is 1. The summed E-state index contributed by atoms with van der Waals surface area (Å²) in [5, 5.41) is 0. The molecule has 0 N–H and O–H groups in total. The Hall–Kier alpha value is -4.74. The van der Waals surface area contributed by atoms with Gasteiger partial charge in [0.25, 0.3) is 17.0 Å². The number of amides is 1. The van der Waals surface area contributed by atoms with E-state index in [2.05, 4.69) is 17.0 Å². The highest BCUT2D eigenvalue weighted by molar-refractivity contribution is 8.27. The summed E-state index contributed by atoms with van der Waals surface area (Å²) < 4.78 is 4.93. The summed E-state index contributed by atoms with van der Waals surface area (Å²) in [5.41, 5.74) is 4.09. The third-order valence-corrected chi connectivity index (χ3v) is 9.30. The third kappa shape index (κ3) is 4.43. The molecule has 0 spiro atoms. The number of rotatable bonds is 4. The van der Waals surface area contributed by atoms with E-state index in [0.29, 0.717) is 41.5 Å². The van der Waals surface area contributed by atoms with Crippen LogP contribution in [-0.2, 0) is 24.8 Å². The van der Waals surface area contributed by atoms with E-state index in [1.807, 2.05) is 48.5 Å². The Morgan fingerprint density at radius 2 is 1.63 bits per heavy atom. The van der Waals surface area contributed by atoms with Crippen molar-refractivity contribution in [1.82, 2.24) is 18.7 Å². The number of aromatic nitrogens is 4. The number of carbonyl (C=O) groups excluding carboxylic acids is 1. The van der Waals surface area contributed by atoms with Crippen LogP contribution in [0.1, 0.15) is 22.4 Å². The van der Waals surface area contributed by atoms with Crippen molar-refractivity contribution in [3.8, 4) is 5.69 Å². The number of pyridine rings is 1. The van der Waals surface area contributed by atoms with Crippen molar-refractivity contribution in [2.45, 2.75) is 19.9 Å². The lowest BCUT2D eigenvalue weighted by atomic mass is 9.99. The molecule has 1 saturated heterocycles. The third-order valence-electron chi connectivity index (χ3n) is 8.00. The van der Waals surface area contributed by atoms with Crippen LogP contribution < -0.4 is 20.9 Å². The molecule has 0 bridgehead atoms. The molecule has 9 nitrogen and oxygen atoms in total. The summed E-state index contributed by atoms with van der Waals surface area (Å²) in [7, 11) is 1.77. The van der Waals surface area contributed by atoms with Crippen molar-refractivity contribution in [1.29, 1.82) is 0 Å². The highest BCUT2D eigenvalue weighted by atomic mass is 32.2. The van der Waals surface area contributed by atoms with Gasteiger partial charge >= 0.3 is 0 Å². The summed E-state index contributed by atoms with van der Waals surface area (Å²) in [6.07, 6.45) is 4.06. The lowest BCUT2D eigenvalue weighted by Gasteiger charge is -2.30. The Kier molecular flexibility index (Phi) is 6.63. The highest BCUT2D eigenvalue weighted by Crippen LogP contribution is 2.37. The topological polar surface area (TPSA) is 84.9 Å². The van der Waals surface area contributed by atoms with Crippen molar-refractivity contribution < 1.29 is 4.79 Å². The minimum absolute atomic E-state index is 0.193. The fourth-order valence-corrected chi connectivity index (χ4v) is 6.99. The van der Waals surface area contributed by atoms with E-state index in [-0.39, 0.29) is 26.0 Å². The number of thioether (sulfide) groups is 1. The SMILES string of the molecule is Cc1c(N2C(=O)C(=Cc3c(N4CCc5ccccc5C4)nc4ccccn4c3=O)SC2=S)c(=O)n(-c2ccccc2)n1C. The van der Waals surface area contributed by atoms with Crippen LogP contribution in [0, 0.1) is 6.92 Å². The Morgan fingerprint density at radius 1 is 0.907 bits per heavy atom. The van der Waals surface area contributed by atoms with Crippen molar-refractivity contribution in [2.24, 2.45) is 7.05 Å². The van der Waals surface area contributed by atoms with Gasteiger partial charge in [0.15, 0.2) is 4.32 Å². The summed E-state index contributed by atoms with van der Waals surface area (Å²) in [6, 6.07) is 22.9. The molecular weight excluding hydrogens is 581 g/mol. The molecule has 0 saturated carbocycles. The average Bonchev–Trinajstić information content (AvgIpc) is 3.42. The summed E-state index contributed by atoms with van der Waals surface area (Å²) in [5.74, 6) is 0.0619. The van der Waals surface area contributed by atoms with Gasteiger partial charge < -0.3 is 4.90 Å². The van der Waals surface area contributed by atoms with Crippen LogP contribution >= 0.6 is 24.0 Å². The van der Waals surface area contributed by atoms with Crippen molar-refractivity contribution in [2.75, 3.05) is 16.3 Å². The lowest BCUT2D eigenvalue weighted by molar-refractivity contribution is -0.113. The van der Waals surface area contributed by atoms with Gasteiger partial charge in [-0.05, 0) is 54.8 Å². The normalized spacial score (nSPS) is 16.0. The van der Waals surface area contributed by atoms with Gasteiger partial charge in [0, 0.05) is 26.3 Å². The number of para-hydroxylation sites is 1. The number of nitrogens with zero attached hydrogens (tertiary/aromatic N) is 6. The number of fused-ring (bicyclic) bond motifs is 2. The van der Waals surface area contributed by atoms with Crippen LogP contribution in [0.5, 0.6) is 0 Å². The van der Waals surface area contributed by atoms with E-state index in [1.54, 1.807) is 43.1 Å². The molecule has 0 aliphatic carbocycles. The van der Waals surface area contributed by atoms with Crippen LogP contribution in [0.2, 0.25) is 0 Å². The zero-order valence-corrected chi connectivity index (χ0v) is 25.1. The van der Waals surface area contributed by atoms with Gasteiger partial charge in [0.05, 0.1) is 21.8 Å². The molecule has 5 heterocycles. The van der Waals surface area contributed by atoms with Crippen LogP contribution in [-0.4, -0.2) is 35.5 Å². The molecule has 1 fully saturated rings. The summed E-state index contributed by atoms with van der Waals surface area (Å²) in [6.45, 7) is 3.05. The van der Waals surface area contributed by atoms with E-state index < -0.39 is 5.91 Å². The van der Waals surface area contributed by atoms with Gasteiger partial charge in [-0.2, -0.15) is 0 Å². The average molecular weight is 607 g/mol. The first kappa shape index (κ1) is 27.1. The van der Waals surface area contributed by atoms with Crippen LogP contribution in [0.25, 0.3) is 17.4 Å². The molecular formula is C32H26N6O3S2. The second-order valence-corrected chi connectivity index (χ2v) is 12.1. The van der Waals surface area contributed by atoms with E-state index in [1.165, 1.54) is 25.1 Å². The predicted molar refractivity (Wildman–Crippen MR) is 174 cm³/mol. The first-order valence-corrected chi connectivity index (χ1v) is 15.0. The molecule has 0 atom stereocenters. The van der Waals surface area contributed by atoms with Crippen molar-refractivity contribution in [3.63, 3.8) is 0 Å². The first-order valence-electron chi connectivity index (χ1n) is 13.8. The molecule has 5 aromatic rings. The summed E-state index contributed by atoms with van der Waals surface area (Å²) >= 11 is 6.73. The Balaban J connectivity index is 1.33. The highest BCUT2D eigenvalue weighted by Gasteiger charge is 2.38. The Morgan fingerprint density at radius 3 is 2.42 bits per heavy atom. The van der Waals surface area contributed by atoms with E-state index in [9.17, 15) is 14.4 Å². The van der Waals surface area contributed by atoms with Gasteiger partial charge in [0.1, 0.15) is 17.2 Å². The molecule has 3 aromatic heterocycles. The molecule has 43 heavy (non-hydrogen) atoms. The second-order valence-electron chi connectivity index (χ2n) is 10.5. The van der Waals surface area contributed by atoms with Gasteiger partial charge in [-0.1, -0.05) is 72.5 Å². The maximum absolute atomic E-state index is 14.0. The molecule has 214 valence electrons. The molecule has 2 aliphatic heterocycles. The van der Waals surface area contributed by atoms with Crippen molar-refractivity contribution >= 4 is 57.4 Å². The minimum atomic E-state index is -0.450. The zero-order chi connectivity index (χ0) is 29.8. The molecule has 7 rings (SSSR count). The number of benzene rings is 2. The van der Waals surface area contributed by atoms with Gasteiger partial charge in [-0.15, -0.1) is 0 Å². The number of thiocarbonyl (C=S) groups is 1. The van der Waals surface area contributed by atoms with Crippen LogP contribution in [0.15, 0.2) is 93.5 Å². The van der Waals surface area contributed by atoms with E-state index in [4.69, 9.17) is 17.2 Å². The largest absolute Gasteiger partial charge is 0.351 e. The van der Waals surface area contributed by atoms with Crippen LogP contribution in [0.4, 0.5) is 11.5 Å². The zero-order valence-electron chi connectivity index (χ0n) is 23.4. The Bertz CT molecular complexity index is 2110. The smallest absolute Gasteiger partial charge is 0.296 e. The second kappa shape index (κ2) is 10.5. The summed E-state index contributed by atoms with van der Waals surface area (Å²) in [4.78, 5) is 50.1. The minimum Gasteiger partial charge on any atom is -0.351 e. The quantitative estimate of drug-likeness (QED) is 0.221. The fraction of sp³-hybridized carbons (Fsp3) is 0.156. The molecule has 1 amide bonds. The van der Waals surface area contributed by atoms with E-state index in [0.717, 1.165) is 18.2 Å². The maximum atomic E-state index is 14.0. The Labute approximate surface area is 256 Å². The van der Waals surface area contributed by atoms with Crippen LogP contribution in [0.3, 0.4) is 0 Å². The standard InChI is InChI=1S/C32H26N6O3S2/c1-20-27(31(41)38(34(20)2)23-12-4-3-5-13-23)37-30(40)25(43-32(37)42)18-24-28(33-26-14-8-9-16-36(26)29(24)39)35-17-15-21-10-6-7-11-22(21)19-35/h3-14,16,18H,15,17,19H2,1-2H3. The first-order chi connectivity index (χ1) is 20.8. The number of anilines is 2. The van der Waals surface area contributed by atoms with Gasteiger partial charge in [-0.25, -0.2) is 9.67 Å². The monoisotopic (exact) mass is 606 g/mol. The number of hydrogen-bond acceptors (Lipinski definition) is 7. The molecule has 0 radical (unpaired) electrons. The molecule has 2 aliphatic rings. The predicted octanol–water partition coefficient (Wildman–Crippen LogP) is 4.46. The van der Waals surface area contributed by atoms with Gasteiger partial charge in [-0.3, -0.25) is 28.4 Å².